The van der Waals surface area contributed by atoms with Gasteiger partial charge in [0.15, 0.2) is 0 Å². The van der Waals surface area contributed by atoms with Gasteiger partial charge in [0, 0.05) is 0 Å². The van der Waals surface area contributed by atoms with Gasteiger partial charge >= 0.3 is 0 Å². The molecule has 2 heterocycles. The Morgan fingerprint density at radius 1 is 1.19 bits per heavy atom. The third kappa shape index (κ3) is 1.10. The quantitative estimate of drug-likeness (QED) is 0.301. The molecule has 7 heteroatoms. The summed E-state index contributed by atoms with van der Waals surface area (Å²) in [6.07, 6.45) is -7.75. The van der Waals surface area contributed by atoms with Crippen LogP contribution in [-0.2, 0) is 9.53 Å². The van der Waals surface area contributed by atoms with E-state index in [0.717, 1.165) is 0 Å². The highest BCUT2D eigenvalue weighted by Crippen LogP contribution is 2.49. The predicted molar refractivity (Wildman–Crippen MR) is 48.0 cm³/mol. The van der Waals surface area contributed by atoms with Crippen molar-refractivity contribution in [1.29, 1.82) is 0 Å². The van der Waals surface area contributed by atoms with Crippen molar-refractivity contribution in [1.82, 2.24) is 0 Å². The number of carbonyl (C=O) groups excluding carboxylic acids is 1. The van der Waals surface area contributed by atoms with Crippen LogP contribution in [0.25, 0.3) is 0 Å². The van der Waals surface area contributed by atoms with E-state index >= 15 is 0 Å². The van der Waals surface area contributed by atoms with Crippen molar-refractivity contribution >= 4 is 6.29 Å². The summed E-state index contributed by atoms with van der Waals surface area (Å²) in [6, 6.07) is 0. The summed E-state index contributed by atoms with van der Waals surface area (Å²) in [6.45, 7) is 1.28. The molecule has 0 amide bonds. The maximum atomic E-state index is 11.0. The molecule has 0 radical (unpaired) electrons. The molecule has 0 aromatic rings. The normalized spacial score (nSPS) is 61.0. The molecule has 5 N–H and O–H groups in total. The molecule has 7 atom stereocenters. The van der Waals surface area contributed by atoms with E-state index in [-0.39, 0.29) is 0 Å². The van der Waals surface area contributed by atoms with Crippen LogP contribution in [-0.4, -0.2) is 68.1 Å². The molecular formula is C9H14O7. The Morgan fingerprint density at radius 2 is 1.75 bits per heavy atom. The molecule has 2 rings (SSSR count). The maximum absolute atomic E-state index is 11.0. The summed E-state index contributed by atoms with van der Waals surface area (Å²) in [4.78, 5) is 11.0. The lowest BCUT2D eigenvalue weighted by molar-refractivity contribution is -0.333. The molecule has 2 saturated heterocycles. The summed E-state index contributed by atoms with van der Waals surface area (Å²) in [5.74, 6) is -2.43. The van der Waals surface area contributed by atoms with E-state index in [4.69, 9.17) is 4.74 Å². The van der Waals surface area contributed by atoms with Gasteiger partial charge < -0.3 is 35.1 Å². The maximum Gasteiger partial charge on any atom is 0.223 e. The van der Waals surface area contributed by atoms with Crippen LogP contribution < -0.4 is 0 Å². The van der Waals surface area contributed by atoms with Crippen LogP contribution in [0.3, 0.4) is 0 Å². The SMILES string of the molecule is CC1(C=O)C2O[C@@](O)(C1O)[C@@H](O)[C@H](O)[C@@H]2O. The van der Waals surface area contributed by atoms with Crippen LogP contribution in [0.4, 0.5) is 0 Å². The van der Waals surface area contributed by atoms with Gasteiger partial charge in [0.2, 0.25) is 5.79 Å². The molecule has 0 spiro atoms. The number of ether oxygens (including phenoxy) is 1. The Kier molecular flexibility index (Phi) is 2.40. The first-order valence-electron chi connectivity index (χ1n) is 4.88. The van der Waals surface area contributed by atoms with Gasteiger partial charge in [0.1, 0.15) is 36.8 Å². The highest BCUT2D eigenvalue weighted by molar-refractivity contribution is 5.63. The minimum atomic E-state index is -2.43. The van der Waals surface area contributed by atoms with E-state index in [1.54, 1.807) is 0 Å². The topological polar surface area (TPSA) is 127 Å². The Morgan fingerprint density at radius 3 is 2.25 bits per heavy atom. The smallest absolute Gasteiger partial charge is 0.223 e. The average Bonchev–Trinajstić information content (AvgIpc) is 2.46. The molecule has 92 valence electrons. The van der Waals surface area contributed by atoms with E-state index in [9.17, 15) is 30.3 Å². The standard InChI is InChI=1S/C9H14O7/c1-8(2-10)6-4(12)3(11)5(13)9(15,16-6)7(8)14/h2-7,11-15H,1H3/t3-,4+,5+,6?,7?,8?,9-/m1/s1. The van der Waals surface area contributed by atoms with Crippen LogP contribution in [0, 0.1) is 5.41 Å². The van der Waals surface area contributed by atoms with E-state index in [2.05, 4.69) is 0 Å². The van der Waals surface area contributed by atoms with Crippen molar-refractivity contribution < 1.29 is 35.1 Å². The van der Waals surface area contributed by atoms with E-state index in [1.165, 1.54) is 6.92 Å². The molecule has 0 aromatic carbocycles. The molecular weight excluding hydrogens is 220 g/mol. The number of aliphatic hydroxyl groups is 5. The van der Waals surface area contributed by atoms with Crippen LogP contribution in [0.2, 0.25) is 0 Å². The van der Waals surface area contributed by atoms with Gasteiger partial charge in [-0.25, -0.2) is 0 Å². The molecule has 2 aliphatic rings. The second-order valence-electron chi connectivity index (χ2n) is 4.60. The van der Waals surface area contributed by atoms with Gasteiger partial charge in [-0.15, -0.1) is 0 Å². The van der Waals surface area contributed by atoms with E-state index < -0.39 is 41.7 Å². The van der Waals surface area contributed by atoms with E-state index in [1.807, 2.05) is 0 Å². The lowest BCUT2D eigenvalue weighted by Gasteiger charge is -2.40. The molecule has 0 aromatic heterocycles. The fraction of sp³-hybridized carbons (Fsp3) is 0.889. The highest BCUT2D eigenvalue weighted by Gasteiger charge is 2.71. The predicted octanol–water partition coefficient (Wildman–Crippen LogP) is -3.26. The van der Waals surface area contributed by atoms with E-state index in [0.29, 0.717) is 6.29 Å². The van der Waals surface area contributed by atoms with Crippen LogP contribution >= 0.6 is 0 Å². The highest BCUT2D eigenvalue weighted by atomic mass is 16.7. The first kappa shape index (κ1) is 11.9. The van der Waals surface area contributed by atoms with Gasteiger partial charge in [-0.3, -0.25) is 0 Å². The van der Waals surface area contributed by atoms with Crippen LogP contribution in [0.5, 0.6) is 0 Å². The Labute approximate surface area is 90.9 Å². The number of rotatable bonds is 1. The fourth-order valence-electron chi connectivity index (χ4n) is 2.41. The van der Waals surface area contributed by atoms with Crippen molar-refractivity contribution in [3.05, 3.63) is 0 Å². The minimum absolute atomic E-state index is 0.342. The summed E-state index contributed by atoms with van der Waals surface area (Å²) >= 11 is 0. The number of aliphatic hydroxyl groups excluding tert-OH is 4. The Balaban J connectivity index is 2.50. The van der Waals surface area contributed by atoms with Crippen LogP contribution in [0.15, 0.2) is 0 Å². The van der Waals surface area contributed by atoms with Gasteiger partial charge in [-0.2, -0.15) is 0 Å². The van der Waals surface area contributed by atoms with Crippen molar-refractivity contribution in [2.75, 3.05) is 0 Å². The number of carbonyl (C=O) groups is 1. The fourth-order valence-corrected chi connectivity index (χ4v) is 2.41. The number of hydrogen-bond acceptors (Lipinski definition) is 7. The Bertz CT molecular complexity index is 321. The second kappa shape index (κ2) is 3.22. The third-order valence-corrected chi connectivity index (χ3v) is 3.57. The summed E-state index contributed by atoms with van der Waals surface area (Å²) in [5, 5.41) is 48.3. The molecule has 2 bridgehead atoms. The third-order valence-electron chi connectivity index (χ3n) is 3.57. The summed E-state index contributed by atoms with van der Waals surface area (Å²) in [7, 11) is 0. The first-order valence-corrected chi connectivity index (χ1v) is 4.88. The van der Waals surface area contributed by atoms with Gasteiger partial charge in [-0.05, 0) is 6.92 Å². The average molecular weight is 234 g/mol. The molecule has 0 saturated carbocycles. The monoisotopic (exact) mass is 234 g/mol. The zero-order valence-corrected chi connectivity index (χ0v) is 8.52. The lowest BCUT2D eigenvalue weighted by atomic mass is 9.80. The van der Waals surface area contributed by atoms with Crippen molar-refractivity contribution in [3.63, 3.8) is 0 Å². The zero-order chi connectivity index (χ0) is 12.3. The lowest BCUT2D eigenvalue weighted by Crippen LogP contribution is -2.62. The largest absolute Gasteiger partial charge is 0.388 e. The minimum Gasteiger partial charge on any atom is -0.388 e. The zero-order valence-electron chi connectivity index (χ0n) is 8.52. The Hall–Kier alpha value is -0.570. The first-order chi connectivity index (χ1) is 7.29. The number of hydrogen-bond donors (Lipinski definition) is 5. The van der Waals surface area contributed by atoms with Gasteiger partial charge in [0.05, 0.1) is 5.41 Å². The second-order valence-corrected chi connectivity index (χ2v) is 4.60. The van der Waals surface area contributed by atoms with Crippen LogP contribution in [0.1, 0.15) is 6.92 Å². The van der Waals surface area contributed by atoms with Crippen molar-refractivity contribution in [2.45, 2.75) is 43.2 Å². The van der Waals surface area contributed by atoms with Crippen molar-refractivity contribution in [3.8, 4) is 0 Å². The summed E-state index contributed by atoms with van der Waals surface area (Å²) < 4.78 is 4.91. The molecule has 7 nitrogen and oxygen atoms in total. The van der Waals surface area contributed by atoms with Crippen molar-refractivity contribution in [2.24, 2.45) is 5.41 Å². The molecule has 2 aliphatic heterocycles. The molecule has 16 heavy (non-hydrogen) atoms. The van der Waals surface area contributed by atoms with Gasteiger partial charge in [0.25, 0.3) is 0 Å². The number of aldehydes is 1. The summed E-state index contributed by atoms with van der Waals surface area (Å²) in [5.41, 5.74) is -1.58. The molecule has 3 unspecified atom stereocenters. The number of fused-ring (bicyclic) bond motifs is 2. The van der Waals surface area contributed by atoms with Gasteiger partial charge in [-0.1, -0.05) is 0 Å². The molecule has 0 aliphatic carbocycles. The molecule has 2 fully saturated rings.